The van der Waals surface area contributed by atoms with E-state index in [2.05, 4.69) is 0 Å². The Labute approximate surface area is 85.6 Å². The summed E-state index contributed by atoms with van der Waals surface area (Å²) in [7, 11) is 0. The van der Waals surface area contributed by atoms with Crippen molar-refractivity contribution in [2.75, 3.05) is 0 Å². The molecule has 1 aromatic rings. The van der Waals surface area contributed by atoms with Crippen LogP contribution in [-0.4, -0.2) is 0 Å². The summed E-state index contributed by atoms with van der Waals surface area (Å²) in [6, 6.07) is 10.0. The number of rotatable bonds is 0. The minimum absolute atomic E-state index is 0. The van der Waals surface area contributed by atoms with Gasteiger partial charge in [-0.15, -0.1) is 0 Å². The smallest absolute Gasteiger partial charge is 0 e. The molecule has 1 rings (SSSR count). The van der Waals surface area contributed by atoms with Crippen molar-refractivity contribution in [1.82, 2.24) is 0 Å². The zero-order chi connectivity index (χ0) is 6.24. The Morgan fingerprint density at radius 2 is 1.44 bits per heavy atom. The Morgan fingerprint density at radius 3 is 1.56 bits per heavy atom. The van der Waals surface area contributed by atoms with Crippen LogP contribution < -0.4 is 0 Å². The maximum Gasteiger partial charge on any atom is 0 e. The van der Waals surface area contributed by atoms with E-state index in [1.807, 2.05) is 50.6 Å². The molecule has 0 heterocycles. The van der Waals surface area contributed by atoms with E-state index < -0.39 is 0 Å². The molecule has 0 aliphatic heterocycles. The van der Waals surface area contributed by atoms with Crippen LogP contribution in [-0.2, 0) is 0 Å². The van der Waals surface area contributed by atoms with Crippen LogP contribution in [0.5, 0.6) is 0 Å². The van der Waals surface area contributed by atoms with Crippen molar-refractivity contribution < 1.29 is 35.6 Å². The van der Waals surface area contributed by atoms with E-state index in [0.29, 0.717) is 0 Å². The van der Waals surface area contributed by atoms with Crippen molar-refractivity contribution in [2.24, 2.45) is 0 Å². The first-order chi connectivity index (χ1) is 3.91. The first-order valence-electron chi connectivity index (χ1n) is 2.82. The van der Waals surface area contributed by atoms with Gasteiger partial charge in [-0.25, -0.2) is 12.1 Å². The van der Waals surface area contributed by atoms with Crippen LogP contribution >= 0.6 is 0 Å². The molecule has 1 radical (unpaired) electrons. The molecule has 0 atom stereocenters. The van der Waals surface area contributed by atoms with Crippen LogP contribution in [0.3, 0.4) is 0 Å². The third-order valence-corrected chi connectivity index (χ3v) is 0.556. The maximum atomic E-state index is 2.00. The summed E-state index contributed by atoms with van der Waals surface area (Å²) in [5, 5.41) is 0. The Morgan fingerprint density at radius 1 is 1.11 bits per heavy atom. The van der Waals surface area contributed by atoms with Gasteiger partial charge in [0.1, 0.15) is 0 Å². The van der Waals surface area contributed by atoms with Crippen LogP contribution in [0.2, 0.25) is 0 Å². The predicted molar refractivity (Wildman–Crippen MR) is 37.7 cm³/mol. The molecule has 0 unspecified atom stereocenters. The molecule has 0 aliphatic carbocycles. The van der Waals surface area contributed by atoms with Crippen molar-refractivity contribution in [3.63, 3.8) is 0 Å². The van der Waals surface area contributed by atoms with Gasteiger partial charge < -0.3 is 6.42 Å². The summed E-state index contributed by atoms with van der Waals surface area (Å²) in [6.45, 7) is 4.00. The average molecular weight is 247 g/mol. The molecule has 0 nitrogen and oxygen atoms in total. The fourth-order valence-electron chi connectivity index (χ4n) is 0.321. The van der Waals surface area contributed by atoms with Gasteiger partial charge in [0.25, 0.3) is 0 Å². The molecule has 0 fully saturated rings. The number of hydrogen-bond acceptors (Lipinski definition) is 0. The summed E-state index contributed by atoms with van der Waals surface area (Å²) in [5.74, 6) is 0. The van der Waals surface area contributed by atoms with Gasteiger partial charge in [0.15, 0.2) is 0 Å². The van der Waals surface area contributed by atoms with E-state index in [1.54, 1.807) is 0 Å². The maximum absolute atomic E-state index is 2.00. The van der Waals surface area contributed by atoms with E-state index in [4.69, 9.17) is 0 Å². The molecular weight excluding hydrogens is 235 g/mol. The topological polar surface area (TPSA) is 0 Å². The minimum atomic E-state index is 0. The second-order valence-corrected chi connectivity index (χ2v) is 1.54. The zero-order valence-corrected chi connectivity index (χ0v) is 9.67. The van der Waals surface area contributed by atoms with Gasteiger partial charge in [0.05, 0.1) is 0 Å². The van der Waals surface area contributed by atoms with Crippen molar-refractivity contribution >= 4 is 0 Å². The van der Waals surface area contributed by atoms with Gasteiger partial charge in [0, 0.05) is 35.6 Å². The Hall–Kier alpha value is 0.545. The van der Waals surface area contributed by atoms with E-state index in [1.165, 1.54) is 0 Å². The van der Waals surface area contributed by atoms with Crippen LogP contribution in [0, 0.1) is 42.0 Å². The summed E-state index contributed by atoms with van der Waals surface area (Å²) in [4.78, 5) is 0. The second kappa shape index (κ2) is 11.4. The number of hydrogen-bond donors (Lipinski definition) is 0. The normalized spacial score (nSPS) is 6.44. The van der Waals surface area contributed by atoms with Crippen molar-refractivity contribution in [3.05, 3.63) is 36.8 Å². The molecule has 0 bridgehead atoms. The second-order valence-electron chi connectivity index (χ2n) is 1.54. The summed E-state index contributed by atoms with van der Waals surface area (Å²) >= 11 is 0. The molecule has 1 heteroatoms. The zero-order valence-electron chi connectivity index (χ0n) is 6.04. The molecule has 9 heavy (non-hydrogen) atoms. The van der Waals surface area contributed by atoms with Crippen molar-refractivity contribution in [3.8, 4) is 0 Å². The molecule has 0 aromatic heterocycles. The third kappa shape index (κ3) is 11.9. The molecule has 0 saturated heterocycles. The van der Waals surface area contributed by atoms with Gasteiger partial charge in [-0.05, 0) is 0 Å². The van der Waals surface area contributed by atoms with Gasteiger partial charge in [-0.1, -0.05) is 0 Å². The molecule has 49 valence electrons. The fourth-order valence-corrected chi connectivity index (χ4v) is 0.321. The fraction of sp³-hybridized carbons (Fsp3) is 0.250. The first-order valence-corrected chi connectivity index (χ1v) is 2.82. The standard InChI is InChI=1S/C5H5.C3H7.La/c1-2-4-5-3-1;1-3-2;/h1-5H;3H,1-2H3;/q2*-1;. The summed E-state index contributed by atoms with van der Waals surface area (Å²) in [5.41, 5.74) is 0. The van der Waals surface area contributed by atoms with E-state index in [0.717, 1.165) is 0 Å². The Kier molecular flexibility index (Phi) is 15.4. The van der Waals surface area contributed by atoms with E-state index >= 15 is 0 Å². The Bertz CT molecular complexity index is 71.5. The monoisotopic (exact) mass is 247 g/mol. The Balaban J connectivity index is 0. The largest absolute Gasteiger partial charge is 0.335 e. The van der Waals surface area contributed by atoms with Crippen molar-refractivity contribution in [2.45, 2.75) is 13.8 Å². The molecular formula is C8H12La-2. The molecule has 0 N–H and O–H groups in total. The summed E-state index contributed by atoms with van der Waals surface area (Å²) in [6.07, 6.45) is 2.00. The van der Waals surface area contributed by atoms with Gasteiger partial charge in [-0.2, -0.15) is 32.0 Å². The minimum Gasteiger partial charge on any atom is -0.335 e. The molecule has 0 aliphatic rings. The van der Waals surface area contributed by atoms with E-state index in [-0.39, 0.29) is 35.6 Å². The van der Waals surface area contributed by atoms with Gasteiger partial charge in [0.2, 0.25) is 0 Å². The molecule has 0 spiro atoms. The van der Waals surface area contributed by atoms with Gasteiger partial charge >= 0.3 is 0 Å². The first kappa shape index (κ1) is 12.2. The molecule has 0 amide bonds. The average Bonchev–Trinajstić information content (AvgIpc) is 2.17. The predicted octanol–water partition coefficient (Wildman–Crippen LogP) is 2.64. The van der Waals surface area contributed by atoms with E-state index in [9.17, 15) is 0 Å². The molecule has 1 aromatic carbocycles. The van der Waals surface area contributed by atoms with Crippen molar-refractivity contribution in [1.29, 1.82) is 0 Å². The van der Waals surface area contributed by atoms with Crippen LogP contribution in [0.1, 0.15) is 13.8 Å². The van der Waals surface area contributed by atoms with Crippen LogP contribution in [0.4, 0.5) is 0 Å². The third-order valence-electron chi connectivity index (χ3n) is 0.556. The van der Waals surface area contributed by atoms with Crippen LogP contribution in [0.15, 0.2) is 30.3 Å². The quantitative estimate of drug-likeness (QED) is 0.618. The van der Waals surface area contributed by atoms with Gasteiger partial charge in [-0.3, -0.25) is 0 Å². The summed E-state index contributed by atoms with van der Waals surface area (Å²) < 4.78 is 0. The molecule has 0 saturated carbocycles. The SMILES string of the molecule is C[CH-]C.[La].c1cc[cH-]c1. The van der Waals surface area contributed by atoms with Crippen LogP contribution in [0.25, 0.3) is 0 Å².